The first-order chi connectivity index (χ1) is 9.58. The summed E-state index contributed by atoms with van der Waals surface area (Å²) in [6, 6.07) is 11.2. The number of hydrogen-bond donors (Lipinski definition) is 1. The van der Waals surface area contributed by atoms with E-state index in [-0.39, 0.29) is 0 Å². The van der Waals surface area contributed by atoms with Gasteiger partial charge >= 0.3 is 0 Å². The molecule has 0 aliphatic carbocycles. The van der Waals surface area contributed by atoms with Gasteiger partial charge in [0, 0.05) is 8.04 Å². The fourth-order valence-corrected chi connectivity index (χ4v) is 3.04. The quantitative estimate of drug-likeness (QED) is 0.714. The zero-order valence-corrected chi connectivity index (χ0v) is 14.8. The summed E-state index contributed by atoms with van der Waals surface area (Å²) in [6.07, 6.45) is -0.814. The van der Waals surface area contributed by atoms with E-state index in [1.807, 2.05) is 36.4 Å². The topological polar surface area (TPSA) is 38.7 Å². The Labute approximate surface area is 140 Å². The van der Waals surface area contributed by atoms with Gasteiger partial charge in [-0.1, -0.05) is 22.0 Å². The number of benzene rings is 2. The lowest BCUT2D eigenvalue weighted by Crippen LogP contribution is -2.06. The van der Waals surface area contributed by atoms with Crippen molar-refractivity contribution in [2.75, 3.05) is 14.2 Å². The summed E-state index contributed by atoms with van der Waals surface area (Å²) in [7, 11) is 3.16. The van der Waals surface area contributed by atoms with Crippen LogP contribution >= 0.6 is 38.5 Å². The maximum Gasteiger partial charge on any atom is 0.128 e. The van der Waals surface area contributed by atoms with Crippen molar-refractivity contribution in [2.24, 2.45) is 0 Å². The van der Waals surface area contributed by atoms with Crippen molar-refractivity contribution in [3.05, 3.63) is 55.6 Å². The fraction of sp³-hybridized carbons (Fsp3) is 0.200. The number of halogens is 2. The lowest BCUT2D eigenvalue weighted by atomic mass is 9.99. The second-order valence-electron chi connectivity index (χ2n) is 4.14. The highest BCUT2D eigenvalue weighted by Crippen LogP contribution is 2.39. The molecular weight excluding hydrogens is 435 g/mol. The van der Waals surface area contributed by atoms with Crippen LogP contribution in [-0.2, 0) is 0 Å². The zero-order chi connectivity index (χ0) is 14.7. The van der Waals surface area contributed by atoms with Crippen LogP contribution in [0.5, 0.6) is 11.5 Å². The van der Waals surface area contributed by atoms with Gasteiger partial charge in [-0.15, -0.1) is 0 Å². The summed E-state index contributed by atoms with van der Waals surface area (Å²) in [6.45, 7) is 0. The van der Waals surface area contributed by atoms with Crippen LogP contribution in [0.2, 0.25) is 0 Å². The number of hydrogen-bond acceptors (Lipinski definition) is 3. The fourth-order valence-electron chi connectivity index (χ4n) is 2.03. The second kappa shape index (κ2) is 6.78. The summed E-state index contributed by atoms with van der Waals surface area (Å²) in [5, 5.41) is 10.7. The van der Waals surface area contributed by atoms with Gasteiger partial charge in [0.2, 0.25) is 0 Å². The largest absolute Gasteiger partial charge is 0.496 e. The predicted octanol–water partition coefficient (Wildman–Crippen LogP) is 4.15. The van der Waals surface area contributed by atoms with Crippen molar-refractivity contribution in [3.63, 3.8) is 0 Å². The zero-order valence-electron chi connectivity index (χ0n) is 11.1. The van der Waals surface area contributed by atoms with Crippen LogP contribution < -0.4 is 9.47 Å². The van der Waals surface area contributed by atoms with Crippen molar-refractivity contribution in [3.8, 4) is 11.5 Å². The summed E-state index contributed by atoms with van der Waals surface area (Å²) < 4.78 is 12.6. The molecule has 0 heterocycles. The molecule has 1 atom stereocenters. The van der Waals surface area contributed by atoms with E-state index in [1.165, 1.54) is 0 Å². The van der Waals surface area contributed by atoms with Crippen LogP contribution in [-0.4, -0.2) is 19.3 Å². The van der Waals surface area contributed by atoms with Gasteiger partial charge in [-0.25, -0.2) is 0 Å². The average Bonchev–Trinajstić information content (AvgIpc) is 2.48. The molecular formula is C15H14BrIO3. The monoisotopic (exact) mass is 448 g/mol. The maximum absolute atomic E-state index is 10.7. The van der Waals surface area contributed by atoms with Gasteiger partial charge in [0.05, 0.1) is 19.8 Å². The van der Waals surface area contributed by atoms with E-state index in [0.717, 1.165) is 13.6 Å². The Morgan fingerprint density at radius 1 is 1.10 bits per heavy atom. The van der Waals surface area contributed by atoms with Crippen LogP contribution in [0.1, 0.15) is 17.2 Å². The van der Waals surface area contributed by atoms with E-state index in [4.69, 9.17) is 9.47 Å². The van der Waals surface area contributed by atoms with E-state index >= 15 is 0 Å². The third kappa shape index (κ3) is 3.10. The third-order valence-corrected chi connectivity index (χ3v) is 4.47. The molecule has 2 aromatic rings. The lowest BCUT2D eigenvalue weighted by molar-refractivity contribution is 0.208. The molecule has 5 heteroatoms. The maximum atomic E-state index is 10.7. The van der Waals surface area contributed by atoms with Crippen LogP contribution in [0.15, 0.2) is 40.9 Å². The first kappa shape index (κ1) is 15.6. The minimum absolute atomic E-state index is 0.604. The molecule has 0 saturated heterocycles. The molecule has 2 aromatic carbocycles. The van der Waals surface area contributed by atoms with E-state index in [1.54, 1.807) is 14.2 Å². The molecule has 0 radical (unpaired) electrons. The van der Waals surface area contributed by atoms with Gasteiger partial charge in [-0.05, 0) is 58.5 Å². The predicted molar refractivity (Wildman–Crippen MR) is 90.5 cm³/mol. The van der Waals surface area contributed by atoms with Crippen LogP contribution in [0.3, 0.4) is 0 Å². The number of aliphatic hydroxyl groups is 1. The van der Waals surface area contributed by atoms with Crippen molar-refractivity contribution in [1.82, 2.24) is 0 Å². The van der Waals surface area contributed by atoms with Crippen LogP contribution in [0.25, 0.3) is 0 Å². The van der Waals surface area contributed by atoms with Crippen molar-refractivity contribution in [2.45, 2.75) is 6.10 Å². The van der Waals surface area contributed by atoms with E-state index in [9.17, 15) is 5.11 Å². The summed E-state index contributed by atoms with van der Waals surface area (Å²) in [5.41, 5.74) is 1.44. The highest BCUT2D eigenvalue weighted by molar-refractivity contribution is 14.1. The van der Waals surface area contributed by atoms with E-state index in [0.29, 0.717) is 17.1 Å². The number of ether oxygens (including phenoxy) is 2. The normalized spacial score (nSPS) is 12.1. The smallest absolute Gasteiger partial charge is 0.128 e. The standard InChI is InChI=1S/C15H14BrIO3/c1-19-12-4-3-5-13(20-2)14(12)15(18)10-8-9(16)6-7-11(10)17/h3-8,15,18H,1-2H3. The third-order valence-electron chi connectivity index (χ3n) is 2.99. The summed E-state index contributed by atoms with van der Waals surface area (Å²) in [4.78, 5) is 0. The van der Waals surface area contributed by atoms with Gasteiger partial charge in [0.1, 0.15) is 17.6 Å². The molecule has 0 aromatic heterocycles. The Hall–Kier alpha value is -0.790. The number of rotatable bonds is 4. The van der Waals surface area contributed by atoms with Gasteiger partial charge in [-0.2, -0.15) is 0 Å². The van der Waals surface area contributed by atoms with Crippen molar-refractivity contribution in [1.29, 1.82) is 0 Å². The second-order valence-corrected chi connectivity index (χ2v) is 6.22. The van der Waals surface area contributed by atoms with E-state index in [2.05, 4.69) is 38.5 Å². The molecule has 0 bridgehead atoms. The molecule has 0 aliphatic rings. The van der Waals surface area contributed by atoms with Crippen molar-refractivity contribution < 1.29 is 14.6 Å². The Kier molecular flexibility index (Phi) is 5.29. The molecule has 3 nitrogen and oxygen atoms in total. The molecule has 0 saturated carbocycles. The number of aliphatic hydroxyl groups excluding tert-OH is 1. The molecule has 0 fully saturated rings. The molecule has 20 heavy (non-hydrogen) atoms. The summed E-state index contributed by atoms with van der Waals surface area (Å²) in [5.74, 6) is 1.21. The number of methoxy groups -OCH3 is 2. The van der Waals surface area contributed by atoms with Crippen molar-refractivity contribution >= 4 is 38.5 Å². The summed E-state index contributed by atoms with van der Waals surface area (Å²) >= 11 is 5.64. The highest BCUT2D eigenvalue weighted by atomic mass is 127. The van der Waals surface area contributed by atoms with Gasteiger partial charge < -0.3 is 14.6 Å². The van der Waals surface area contributed by atoms with Crippen LogP contribution in [0.4, 0.5) is 0 Å². The molecule has 1 unspecified atom stereocenters. The Bertz CT molecular complexity index is 594. The molecule has 2 rings (SSSR count). The Morgan fingerprint density at radius 2 is 1.70 bits per heavy atom. The van der Waals surface area contributed by atoms with Crippen LogP contribution in [0, 0.1) is 3.57 Å². The van der Waals surface area contributed by atoms with Gasteiger partial charge in [0.15, 0.2) is 0 Å². The lowest BCUT2D eigenvalue weighted by Gasteiger charge is -2.19. The average molecular weight is 449 g/mol. The molecule has 0 amide bonds. The first-order valence-corrected chi connectivity index (χ1v) is 7.79. The molecule has 0 aliphatic heterocycles. The minimum atomic E-state index is -0.814. The molecule has 0 spiro atoms. The SMILES string of the molecule is COc1cccc(OC)c1C(O)c1cc(Br)ccc1I. The van der Waals surface area contributed by atoms with Gasteiger partial charge in [0.25, 0.3) is 0 Å². The van der Waals surface area contributed by atoms with Gasteiger partial charge in [-0.3, -0.25) is 0 Å². The molecule has 1 N–H and O–H groups in total. The highest BCUT2D eigenvalue weighted by Gasteiger charge is 2.22. The minimum Gasteiger partial charge on any atom is -0.496 e. The Morgan fingerprint density at radius 3 is 2.25 bits per heavy atom. The van der Waals surface area contributed by atoms with E-state index < -0.39 is 6.10 Å². The Balaban J connectivity index is 2.58. The molecule has 106 valence electrons. The first-order valence-electron chi connectivity index (χ1n) is 5.92.